The van der Waals surface area contributed by atoms with Crippen molar-refractivity contribution < 1.29 is 4.79 Å². The smallest absolute Gasteiger partial charge is 0.221 e. The van der Waals surface area contributed by atoms with Crippen molar-refractivity contribution >= 4 is 5.91 Å². The number of carbonyl (C=O) groups excluding carboxylic acids is 1. The normalized spacial score (nSPS) is 12.7. The summed E-state index contributed by atoms with van der Waals surface area (Å²) in [7, 11) is 0. The molecule has 19 heavy (non-hydrogen) atoms. The second-order valence-corrected chi connectivity index (χ2v) is 5.17. The van der Waals surface area contributed by atoms with Crippen LogP contribution in [0.3, 0.4) is 0 Å². The van der Waals surface area contributed by atoms with E-state index in [4.69, 9.17) is 0 Å². The van der Waals surface area contributed by atoms with Gasteiger partial charge in [0.15, 0.2) is 0 Å². The molecule has 1 amide bonds. The van der Waals surface area contributed by atoms with Gasteiger partial charge in [-0.05, 0) is 31.0 Å². The summed E-state index contributed by atoms with van der Waals surface area (Å²) in [6.45, 7) is 10.9. The number of hydrogen-bond acceptors (Lipinski definition) is 2. The van der Waals surface area contributed by atoms with Crippen LogP contribution in [0.4, 0.5) is 0 Å². The maximum atomic E-state index is 11.4. The number of nitrogens with zero attached hydrogens (tertiary/aromatic N) is 1. The Morgan fingerprint density at radius 3 is 2.63 bits per heavy atom. The zero-order valence-electron chi connectivity index (χ0n) is 12.6. The molecule has 1 heterocycles. The van der Waals surface area contributed by atoms with E-state index in [1.807, 2.05) is 6.92 Å². The third-order valence-corrected chi connectivity index (χ3v) is 3.19. The van der Waals surface area contributed by atoms with Gasteiger partial charge in [0.25, 0.3) is 0 Å². The van der Waals surface area contributed by atoms with Crippen LogP contribution in [0.5, 0.6) is 0 Å². The zero-order chi connectivity index (χ0) is 14.3. The fraction of sp³-hybridized carbons (Fsp3) is 0.667. The number of amides is 1. The van der Waals surface area contributed by atoms with Gasteiger partial charge in [0, 0.05) is 37.9 Å². The van der Waals surface area contributed by atoms with E-state index in [-0.39, 0.29) is 5.91 Å². The molecule has 0 bridgehead atoms. The first-order chi connectivity index (χ1) is 9.08. The summed E-state index contributed by atoms with van der Waals surface area (Å²) in [5.41, 5.74) is 1.30. The second-order valence-electron chi connectivity index (χ2n) is 5.17. The predicted molar refractivity (Wildman–Crippen MR) is 79.0 cm³/mol. The second kappa shape index (κ2) is 8.00. The number of nitrogens with one attached hydrogen (secondary N) is 2. The summed E-state index contributed by atoms with van der Waals surface area (Å²) < 4.78 is 2.09. The summed E-state index contributed by atoms with van der Waals surface area (Å²) in [4.78, 5) is 11.4. The van der Waals surface area contributed by atoms with Crippen molar-refractivity contribution in [2.45, 2.75) is 46.7 Å². The van der Waals surface area contributed by atoms with Gasteiger partial charge in [-0.1, -0.05) is 20.8 Å². The first kappa shape index (κ1) is 15.8. The molecule has 0 aliphatic heterocycles. The van der Waals surface area contributed by atoms with E-state index in [9.17, 15) is 4.79 Å². The van der Waals surface area contributed by atoms with E-state index in [0.717, 1.165) is 13.1 Å². The predicted octanol–water partition coefficient (Wildman–Crippen LogP) is 2.32. The molecule has 0 saturated heterocycles. The van der Waals surface area contributed by atoms with Crippen LogP contribution in [0.25, 0.3) is 0 Å². The van der Waals surface area contributed by atoms with Crippen LogP contribution in [-0.4, -0.2) is 23.6 Å². The van der Waals surface area contributed by atoms with Crippen LogP contribution in [0.2, 0.25) is 0 Å². The van der Waals surface area contributed by atoms with Crippen molar-refractivity contribution in [2.75, 3.05) is 13.1 Å². The van der Waals surface area contributed by atoms with Crippen molar-refractivity contribution in [3.05, 3.63) is 24.0 Å². The average Bonchev–Trinajstić information content (AvgIpc) is 2.82. The van der Waals surface area contributed by atoms with Gasteiger partial charge in [0.2, 0.25) is 5.91 Å². The molecule has 0 radical (unpaired) electrons. The van der Waals surface area contributed by atoms with Crippen LogP contribution < -0.4 is 10.6 Å². The topological polar surface area (TPSA) is 46.1 Å². The van der Waals surface area contributed by atoms with Gasteiger partial charge < -0.3 is 15.2 Å². The lowest BCUT2D eigenvalue weighted by atomic mass is 9.98. The van der Waals surface area contributed by atoms with Crippen molar-refractivity contribution in [2.24, 2.45) is 5.92 Å². The molecule has 1 aromatic rings. The lowest BCUT2D eigenvalue weighted by Gasteiger charge is -2.20. The van der Waals surface area contributed by atoms with Gasteiger partial charge in [0.1, 0.15) is 0 Å². The Bertz CT molecular complexity index is 384. The zero-order valence-corrected chi connectivity index (χ0v) is 12.6. The van der Waals surface area contributed by atoms with Crippen molar-refractivity contribution in [1.82, 2.24) is 15.2 Å². The first-order valence-corrected chi connectivity index (χ1v) is 7.24. The molecule has 0 aliphatic carbocycles. The average molecular weight is 265 g/mol. The highest BCUT2D eigenvalue weighted by atomic mass is 16.1. The van der Waals surface area contributed by atoms with Crippen molar-refractivity contribution in [1.29, 1.82) is 0 Å². The summed E-state index contributed by atoms with van der Waals surface area (Å²) in [6.07, 6.45) is 4.74. The van der Waals surface area contributed by atoms with Gasteiger partial charge >= 0.3 is 0 Å². The Labute approximate surface area is 116 Å². The molecule has 0 spiro atoms. The van der Waals surface area contributed by atoms with Crippen LogP contribution in [-0.2, 0) is 11.3 Å². The fourth-order valence-electron chi connectivity index (χ4n) is 2.26. The molecule has 4 heteroatoms. The molecule has 4 nitrogen and oxygen atoms in total. The van der Waals surface area contributed by atoms with Gasteiger partial charge in [-0.25, -0.2) is 0 Å². The third kappa shape index (κ3) is 5.07. The van der Waals surface area contributed by atoms with Crippen LogP contribution in [0, 0.1) is 5.92 Å². The maximum Gasteiger partial charge on any atom is 0.221 e. The van der Waals surface area contributed by atoms with E-state index in [2.05, 4.69) is 54.4 Å². The minimum absolute atomic E-state index is 0.116. The molecule has 2 N–H and O–H groups in total. The molecule has 108 valence electrons. The molecule has 0 aromatic carbocycles. The Balaban J connectivity index is 2.57. The summed E-state index contributed by atoms with van der Waals surface area (Å²) in [5, 5.41) is 6.32. The number of carbonyl (C=O) groups is 1. The number of rotatable bonds is 8. The highest BCUT2D eigenvalue weighted by molar-refractivity contribution is 5.75. The molecule has 1 atom stereocenters. The molecule has 1 aromatic heterocycles. The Morgan fingerprint density at radius 2 is 2.05 bits per heavy atom. The van der Waals surface area contributed by atoms with Crippen LogP contribution >= 0.6 is 0 Å². The Morgan fingerprint density at radius 1 is 1.32 bits per heavy atom. The summed E-state index contributed by atoms with van der Waals surface area (Å²) in [5.74, 6) is 0.670. The maximum absolute atomic E-state index is 11.4. The monoisotopic (exact) mass is 265 g/mol. The number of hydrogen-bond donors (Lipinski definition) is 2. The van der Waals surface area contributed by atoms with Gasteiger partial charge in [0.05, 0.1) is 0 Å². The first-order valence-electron chi connectivity index (χ1n) is 7.24. The lowest BCUT2D eigenvalue weighted by molar-refractivity contribution is -0.121. The fourth-order valence-corrected chi connectivity index (χ4v) is 2.26. The standard InChI is InChI=1S/C15H27N3O/c1-5-16-14(19)8-10-18-9-7-13(11-18)15(12(3)4)17-6-2/h7,9,11-12,15,17H,5-6,8,10H2,1-4H3,(H,16,19). The van der Waals surface area contributed by atoms with Gasteiger partial charge in [-0.2, -0.15) is 0 Å². The third-order valence-electron chi connectivity index (χ3n) is 3.19. The SMILES string of the molecule is CCNC(=O)CCn1ccc(C(NCC)C(C)C)c1. The largest absolute Gasteiger partial charge is 0.356 e. The van der Waals surface area contributed by atoms with Crippen molar-refractivity contribution in [3.8, 4) is 0 Å². The molecular weight excluding hydrogens is 238 g/mol. The summed E-state index contributed by atoms with van der Waals surface area (Å²) >= 11 is 0. The van der Waals surface area contributed by atoms with E-state index in [1.165, 1.54) is 5.56 Å². The molecule has 1 rings (SSSR count). The highest BCUT2D eigenvalue weighted by Crippen LogP contribution is 2.21. The minimum Gasteiger partial charge on any atom is -0.356 e. The molecule has 0 aliphatic rings. The van der Waals surface area contributed by atoms with E-state index in [0.29, 0.717) is 24.9 Å². The van der Waals surface area contributed by atoms with E-state index in [1.54, 1.807) is 0 Å². The van der Waals surface area contributed by atoms with E-state index >= 15 is 0 Å². The van der Waals surface area contributed by atoms with Crippen LogP contribution in [0.1, 0.15) is 45.7 Å². The lowest BCUT2D eigenvalue weighted by Crippen LogP contribution is -2.25. The van der Waals surface area contributed by atoms with Gasteiger partial charge in [-0.15, -0.1) is 0 Å². The molecule has 0 saturated carbocycles. The Kier molecular flexibility index (Phi) is 6.64. The Hall–Kier alpha value is -1.29. The molecule has 1 unspecified atom stereocenters. The van der Waals surface area contributed by atoms with Crippen LogP contribution in [0.15, 0.2) is 18.5 Å². The molecular formula is C15H27N3O. The number of aryl methyl sites for hydroxylation is 1. The summed E-state index contributed by atoms with van der Waals surface area (Å²) in [6, 6.07) is 2.53. The van der Waals surface area contributed by atoms with E-state index < -0.39 is 0 Å². The van der Waals surface area contributed by atoms with Crippen molar-refractivity contribution in [3.63, 3.8) is 0 Å². The highest BCUT2D eigenvalue weighted by Gasteiger charge is 2.15. The minimum atomic E-state index is 0.116. The number of aromatic nitrogens is 1. The molecule has 0 fully saturated rings. The van der Waals surface area contributed by atoms with Gasteiger partial charge in [-0.3, -0.25) is 4.79 Å². The quantitative estimate of drug-likeness (QED) is 0.758.